The largest absolute Gasteiger partial charge is 0.423 e. The predicted octanol–water partition coefficient (Wildman–Crippen LogP) is 2.03. The van der Waals surface area contributed by atoms with Gasteiger partial charge in [-0.3, -0.25) is 10.1 Å². The molecule has 1 aromatic heterocycles. The second kappa shape index (κ2) is 6.33. The fourth-order valence-electron chi connectivity index (χ4n) is 2.19. The summed E-state index contributed by atoms with van der Waals surface area (Å²) in [6, 6.07) is 7.14. The third-order valence-electron chi connectivity index (χ3n) is 3.27. The quantitative estimate of drug-likeness (QED) is 0.681. The lowest BCUT2D eigenvalue weighted by Gasteiger charge is -2.28. The van der Waals surface area contributed by atoms with Gasteiger partial charge in [0.15, 0.2) is 5.75 Å². The average molecular weight is 332 g/mol. The van der Waals surface area contributed by atoms with E-state index >= 15 is 0 Å². The Morgan fingerprint density at radius 2 is 2.17 bits per heavy atom. The summed E-state index contributed by atoms with van der Waals surface area (Å²) in [6.45, 7) is 4.12. The molecule has 0 aliphatic carbocycles. The first-order valence-electron chi connectivity index (χ1n) is 7.21. The van der Waals surface area contributed by atoms with E-state index in [1.165, 1.54) is 11.3 Å². The Bertz CT molecular complexity index is 744. The van der Waals surface area contributed by atoms with Crippen LogP contribution in [0.2, 0.25) is 0 Å². The third kappa shape index (κ3) is 3.48. The van der Waals surface area contributed by atoms with Crippen molar-refractivity contribution in [1.82, 2.24) is 10.2 Å². The summed E-state index contributed by atoms with van der Waals surface area (Å²) in [5, 5.41) is 12.0. The van der Waals surface area contributed by atoms with Crippen molar-refractivity contribution in [2.24, 2.45) is 0 Å². The van der Waals surface area contributed by atoms with Gasteiger partial charge in [0.25, 0.3) is 0 Å². The molecule has 2 heterocycles. The molecule has 2 aromatic rings. The Labute approximate surface area is 137 Å². The Morgan fingerprint density at radius 3 is 2.91 bits per heavy atom. The van der Waals surface area contributed by atoms with Crippen LogP contribution in [0.3, 0.4) is 0 Å². The number of carbonyl (C=O) groups excluding carboxylic acids is 2. The number of rotatable bonds is 4. The summed E-state index contributed by atoms with van der Waals surface area (Å²) in [6.07, 6.45) is 0. The highest BCUT2D eigenvalue weighted by molar-refractivity contribution is 7.15. The first-order valence-corrected chi connectivity index (χ1v) is 8.02. The number of anilines is 2. The molecule has 3 rings (SSSR count). The number of ether oxygens (including phenoxy) is 1. The molecular weight excluding hydrogens is 316 g/mol. The van der Waals surface area contributed by atoms with Gasteiger partial charge in [-0.15, -0.1) is 10.2 Å². The van der Waals surface area contributed by atoms with Crippen molar-refractivity contribution in [2.45, 2.75) is 19.8 Å². The molecule has 1 N–H and O–H groups in total. The van der Waals surface area contributed by atoms with Crippen LogP contribution in [0.4, 0.5) is 10.8 Å². The second-order valence-corrected chi connectivity index (χ2v) is 6.46. The fraction of sp³-hybridized carbons (Fsp3) is 0.333. The van der Waals surface area contributed by atoms with Gasteiger partial charge in [-0.25, -0.2) is 4.79 Å². The SMILES string of the molecule is CC(C)c1nnc(NC(=O)CN2CC(=O)Oc3ccccc32)s1. The van der Waals surface area contributed by atoms with Crippen molar-refractivity contribution >= 4 is 34.0 Å². The molecule has 1 amide bonds. The highest BCUT2D eigenvalue weighted by Crippen LogP contribution is 2.31. The topological polar surface area (TPSA) is 84.4 Å². The number of amides is 1. The molecule has 0 radical (unpaired) electrons. The van der Waals surface area contributed by atoms with E-state index in [0.717, 1.165) is 10.7 Å². The van der Waals surface area contributed by atoms with Gasteiger partial charge in [-0.1, -0.05) is 37.3 Å². The number of hydrogen-bond acceptors (Lipinski definition) is 7. The molecule has 7 nitrogen and oxygen atoms in total. The molecule has 120 valence electrons. The molecule has 0 bridgehead atoms. The number of hydrogen-bond donors (Lipinski definition) is 1. The lowest BCUT2D eigenvalue weighted by molar-refractivity contribution is -0.133. The van der Waals surface area contributed by atoms with Crippen LogP contribution in [-0.2, 0) is 9.59 Å². The maximum atomic E-state index is 12.2. The van der Waals surface area contributed by atoms with Gasteiger partial charge in [0.1, 0.15) is 11.6 Å². The zero-order chi connectivity index (χ0) is 16.4. The number of carbonyl (C=O) groups is 2. The standard InChI is InChI=1S/C15H16N4O3S/c1-9(2)14-17-18-15(23-14)16-12(20)7-19-8-13(21)22-11-6-4-3-5-10(11)19/h3-6,9H,7-8H2,1-2H3,(H,16,18,20). The van der Waals surface area contributed by atoms with Crippen molar-refractivity contribution in [3.8, 4) is 5.75 Å². The molecule has 1 aliphatic rings. The van der Waals surface area contributed by atoms with Crippen LogP contribution in [0.1, 0.15) is 24.8 Å². The van der Waals surface area contributed by atoms with Gasteiger partial charge >= 0.3 is 5.97 Å². The van der Waals surface area contributed by atoms with Crippen molar-refractivity contribution in [1.29, 1.82) is 0 Å². The van der Waals surface area contributed by atoms with Crippen LogP contribution in [0.25, 0.3) is 0 Å². The van der Waals surface area contributed by atoms with E-state index in [1.807, 2.05) is 26.0 Å². The van der Waals surface area contributed by atoms with E-state index in [4.69, 9.17) is 4.74 Å². The normalized spacial score (nSPS) is 13.7. The summed E-state index contributed by atoms with van der Waals surface area (Å²) in [5.74, 6) is 0.104. The predicted molar refractivity (Wildman–Crippen MR) is 86.9 cm³/mol. The minimum absolute atomic E-state index is 0.0395. The number of esters is 1. The van der Waals surface area contributed by atoms with Gasteiger partial charge in [0.05, 0.1) is 12.2 Å². The van der Waals surface area contributed by atoms with Crippen LogP contribution in [-0.4, -0.2) is 35.2 Å². The Hall–Kier alpha value is -2.48. The molecule has 0 saturated carbocycles. The summed E-state index contributed by atoms with van der Waals surface area (Å²) in [7, 11) is 0. The van der Waals surface area contributed by atoms with E-state index in [-0.39, 0.29) is 30.9 Å². The number of fused-ring (bicyclic) bond motifs is 1. The summed E-state index contributed by atoms with van der Waals surface area (Å²) in [5.41, 5.74) is 0.724. The zero-order valence-corrected chi connectivity index (χ0v) is 13.6. The van der Waals surface area contributed by atoms with Crippen molar-refractivity contribution in [2.75, 3.05) is 23.3 Å². The fourth-order valence-corrected chi connectivity index (χ4v) is 2.95. The molecule has 1 aromatic carbocycles. The molecule has 0 spiro atoms. The Morgan fingerprint density at radius 1 is 1.39 bits per heavy atom. The van der Waals surface area contributed by atoms with E-state index in [0.29, 0.717) is 10.9 Å². The molecule has 0 fully saturated rings. The van der Waals surface area contributed by atoms with Gasteiger partial charge in [-0.2, -0.15) is 0 Å². The van der Waals surface area contributed by atoms with Crippen molar-refractivity contribution in [3.05, 3.63) is 29.3 Å². The zero-order valence-electron chi connectivity index (χ0n) is 12.8. The summed E-state index contributed by atoms with van der Waals surface area (Å²) < 4.78 is 5.16. The van der Waals surface area contributed by atoms with E-state index in [9.17, 15) is 9.59 Å². The van der Waals surface area contributed by atoms with Gasteiger partial charge in [0.2, 0.25) is 11.0 Å². The van der Waals surface area contributed by atoms with Crippen LogP contribution in [0, 0.1) is 0 Å². The maximum absolute atomic E-state index is 12.2. The molecular formula is C15H16N4O3S. The maximum Gasteiger partial charge on any atom is 0.331 e. The lowest BCUT2D eigenvalue weighted by Crippen LogP contribution is -2.41. The molecule has 1 aliphatic heterocycles. The van der Waals surface area contributed by atoms with Crippen LogP contribution >= 0.6 is 11.3 Å². The Kier molecular flexibility index (Phi) is 4.24. The van der Waals surface area contributed by atoms with Crippen LogP contribution in [0.5, 0.6) is 5.75 Å². The highest BCUT2D eigenvalue weighted by atomic mass is 32.1. The number of nitrogens with zero attached hydrogens (tertiary/aromatic N) is 3. The van der Waals surface area contributed by atoms with E-state index < -0.39 is 0 Å². The molecule has 0 atom stereocenters. The number of para-hydroxylation sites is 2. The summed E-state index contributed by atoms with van der Waals surface area (Å²) >= 11 is 1.35. The minimum Gasteiger partial charge on any atom is -0.423 e. The molecule has 0 unspecified atom stereocenters. The van der Waals surface area contributed by atoms with Gasteiger partial charge in [-0.05, 0) is 12.1 Å². The molecule has 0 saturated heterocycles. The second-order valence-electron chi connectivity index (χ2n) is 5.45. The Balaban J connectivity index is 1.69. The molecule has 8 heteroatoms. The van der Waals surface area contributed by atoms with E-state index in [1.54, 1.807) is 17.0 Å². The smallest absolute Gasteiger partial charge is 0.331 e. The van der Waals surface area contributed by atoms with Gasteiger partial charge < -0.3 is 9.64 Å². The molecule has 23 heavy (non-hydrogen) atoms. The number of aromatic nitrogens is 2. The minimum atomic E-state index is -0.380. The average Bonchev–Trinajstić information content (AvgIpc) is 2.95. The number of nitrogens with one attached hydrogen (secondary N) is 1. The van der Waals surface area contributed by atoms with Crippen LogP contribution in [0.15, 0.2) is 24.3 Å². The van der Waals surface area contributed by atoms with Crippen molar-refractivity contribution in [3.63, 3.8) is 0 Å². The van der Waals surface area contributed by atoms with Gasteiger partial charge in [0, 0.05) is 5.92 Å². The first-order chi connectivity index (χ1) is 11.0. The van der Waals surface area contributed by atoms with Crippen molar-refractivity contribution < 1.29 is 14.3 Å². The van der Waals surface area contributed by atoms with E-state index in [2.05, 4.69) is 15.5 Å². The monoisotopic (exact) mass is 332 g/mol. The first kappa shape index (κ1) is 15.4. The third-order valence-corrected chi connectivity index (χ3v) is 4.40. The lowest BCUT2D eigenvalue weighted by atomic mass is 10.2. The summed E-state index contributed by atoms with van der Waals surface area (Å²) in [4.78, 5) is 25.5. The highest BCUT2D eigenvalue weighted by Gasteiger charge is 2.25. The number of benzene rings is 1. The van der Waals surface area contributed by atoms with Crippen LogP contribution < -0.4 is 15.0 Å².